The molecule has 1 aliphatic heterocycles. The number of aromatic nitrogens is 1. The van der Waals surface area contributed by atoms with Crippen molar-refractivity contribution in [3.05, 3.63) is 18.5 Å². The Morgan fingerprint density at radius 2 is 2.17 bits per heavy atom. The van der Waals surface area contributed by atoms with Crippen LogP contribution >= 0.6 is 0 Å². The van der Waals surface area contributed by atoms with Gasteiger partial charge < -0.3 is 15.0 Å². The molecule has 1 saturated heterocycles. The second-order valence-electron chi connectivity index (χ2n) is 5.78. The minimum absolute atomic E-state index is 0.146. The van der Waals surface area contributed by atoms with E-state index in [0.717, 1.165) is 31.1 Å². The van der Waals surface area contributed by atoms with Gasteiger partial charge in [0, 0.05) is 31.2 Å². The summed E-state index contributed by atoms with van der Waals surface area (Å²) in [5.74, 6) is 0.846. The van der Waals surface area contributed by atoms with Crippen LogP contribution in [0.2, 0.25) is 0 Å². The zero-order valence-electron chi connectivity index (χ0n) is 11.7. The van der Waals surface area contributed by atoms with Gasteiger partial charge in [-0.2, -0.15) is 0 Å². The van der Waals surface area contributed by atoms with Crippen LogP contribution in [0.4, 0.5) is 5.69 Å². The van der Waals surface area contributed by atoms with E-state index in [-0.39, 0.29) is 11.6 Å². The fraction of sp³-hybridized carbons (Fsp3) is 0.643. The maximum atomic E-state index is 5.69. The van der Waals surface area contributed by atoms with E-state index in [0.29, 0.717) is 0 Å². The number of hydrogen-bond acceptors (Lipinski definition) is 4. The van der Waals surface area contributed by atoms with Crippen molar-refractivity contribution in [2.45, 2.75) is 39.3 Å². The van der Waals surface area contributed by atoms with E-state index in [1.54, 1.807) is 6.20 Å². The zero-order valence-corrected chi connectivity index (χ0v) is 11.7. The molecule has 0 radical (unpaired) electrons. The van der Waals surface area contributed by atoms with Gasteiger partial charge in [0.05, 0.1) is 24.2 Å². The predicted octanol–water partition coefficient (Wildman–Crippen LogP) is 2.06. The van der Waals surface area contributed by atoms with Crippen LogP contribution in [0.15, 0.2) is 18.5 Å². The zero-order chi connectivity index (χ0) is 13.2. The summed E-state index contributed by atoms with van der Waals surface area (Å²) in [6.07, 6.45) is 3.87. The molecule has 0 spiro atoms. The van der Waals surface area contributed by atoms with E-state index in [4.69, 9.17) is 4.74 Å². The lowest BCUT2D eigenvalue weighted by Crippen LogP contribution is -2.57. The van der Waals surface area contributed by atoms with Crippen molar-refractivity contribution in [2.75, 3.05) is 24.5 Å². The molecule has 4 nitrogen and oxygen atoms in total. The molecule has 0 bridgehead atoms. The molecule has 0 amide bonds. The number of anilines is 1. The average Bonchev–Trinajstić information content (AvgIpc) is 2.27. The Labute approximate surface area is 109 Å². The molecule has 1 N–H and O–H groups in total. The van der Waals surface area contributed by atoms with E-state index in [2.05, 4.69) is 35.1 Å². The molecule has 0 saturated carbocycles. The summed E-state index contributed by atoms with van der Waals surface area (Å²) in [6.45, 7) is 11.5. The number of nitrogens with zero attached hydrogens (tertiary/aromatic N) is 2. The first-order chi connectivity index (χ1) is 8.46. The highest BCUT2D eigenvalue weighted by Gasteiger charge is 2.26. The lowest BCUT2D eigenvalue weighted by Gasteiger charge is -2.40. The molecule has 18 heavy (non-hydrogen) atoms. The Balaban J connectivity index is 2.12. The Hall–Kier alpha value is -1.29. The van der Waals surface area contributed by atoms with Crippen LogP contribution in [0.1, 0.15) is 27.7 Å². The molecular weight excluding hydrogens is 226 g/mol. The number of nitrogens with one attached hydrogen (secondary N) is 1. The van der Waals surface area contributed by atoms with Crippen molar-refractivity contribution < 1.29 is 4.74 Å². The molecule has 0 atom stereocenters. The third kappa shape index (κ3) is 3.35. The first-order valence-corrected chi connectivity index (χ1v) is 6.58. The van der Waals surface area contributed by atoms with Crippen molar-refractivity contribution in [1.29, 1.82) is 0 Å². The van der Waals surface area contributed by atoms with Gasteiger partial charge in [0.1, 0.15) is 5.75 Å². The normalized spacial score (nSPS) is 19.1. The van der Waals surface area contributed by atoms with E-state index in [9.17, 15) is 0 Å². The topological polar surface area (TPSA) is 37.4 Å². The van der Waals surface area contributed by atoms with E-state index in [1.807, 2.05) is 20.0 Å². The summed E-state index contributed by atoms with van der Waals surface area (Å²) < 4.78 is 5.69. The lowest BCUT2D eigenvalue weighted by molar-refractivity contribution is 0.241. The minimum atomic E-state index is 0.146. The van der Waals surface area contributed by atoms with E-state index >= 15 is 0 Å². The van der Waals surface area contributed by atoms with Crippen molar-refractivity contribution in [2.24, 2.45) is 0 Å². The maximum absolute atomic E-state index is 5.69. The van der Waals surface area contributed by atoms with Crippen LogP contribution in [0.3, 0.4) is 0 Å². The Bertz CT molecular complexity index is 404. The third-order valence-electron chi connectivity index (χ3n) is 3.01. The Kier molecular flexibility index (Phi) is 3.76. The van der Waals surface area contributed by atoms with Gasteiger partial charge in [-0.1, -0.05) is 0 Å². The molecule has 0 aliphatic carbocycles. The number of hydrogen-bond donors (Lipinski definition) is 1. The number of ether oxygens (including phenoxy) is 1. The third-order valence-corrected chi connectivity index (χ3v) is 3.01. The standard InChI is InChI=1S/C14H23N3O/c1-11(2)18-13-7-12(8-15-9-13)17-6-5-16-14(3,4)10-17/h7-9,11,16H,5-6,10H2,1-4H3. The second-order valence-corrected chi connectivity index (χ2v) is 5.78. The molecule has 1 aromatic rings. The molecule has 100 valence electrons. The second kappa shape index (κ2) is 5.14. The van der Waals surface area contributed by atoms with Crippen molar-refractivity contribution in [3.63, 3.8) is 0 Å². The van der Waals surface area contributed by atoms with Crippen LogP contribution in [0.5, 0.6) is 5.75 Å². The number of piperazine rings is 1. The highest BCUT2D eigenvalue weighted by atomic mass is 16.5. The summed E-state index contributed by atoms with van der Waals surface area (Å²) in [5.41, 5.74) is 1.29. The highest BCUT2D eigenvalue weighted by Crippen LogP contribution is 2.23. The van der Waals surface area contributed by atoms with Crippen LogP contribution < -0.4 is 15.0 Å². The number of rotatable bonds is 3. The predicted molar refractivity (Wildman–Crippen MR) is 74.3 cm³/mol. The van der Waals surface area contributed by atoms with Gasteiger partial charge in [-0.25, -0.2) is 0 Å². The van der Waals surface area contributed by atoms with E-state index < -0.39 is 0 Å². The molecule has 1 aliphatic rings. The smallest absolute Gasteiger partial charge is 0.140 e. The van der Waals surface area contributed by atoms with Crippen molar-refractivity contribution >= 4 is 5.69 Å². The summed E-state index contributed by atoms with van der Waals surface area (Å²) in [4.78, 5) is 6.63. The highest BCUT2D eigenvalue weighted by molar-refractivity contribution is 5.49. The van der Waals surface area contributed by atoms with Gasteiger partial charge in [-0.15, -0.1) is 0 Å². The Morgan fingerprint density at radius 1 is 1.39 bits per heavy atom. The monoisotopic (exact) mass is 249 g/mol. The first kappa shape index (κ1) is 13.1. The minimum Gasteiger partial charge on any atom is -0.489 e. The lowest BCUT2D eigenvalue weighted by atomic mass is 10.0. The van der Waals surface area contributed by atoms with Crippen LogP contribution in [0.25, 0.3) is 0 Å². The molecule has 0 unspecified atom stereocenters. The van der Waals surface area contributed by atoms with Crippen LogP contribution in [0, 0.1) is 0 Å². The molecule has 1 aromatic heterocycles. The van der Waals surface area contributed by atoms with Gasteiger partial charge in [-0.05, 0) is 27.7 Å². The van der Waals surface area contributed by atoms with Gasteiger partial charge >= 0.3 is 0 Å². The average molecular weight is 249 g/mol. The number of pyridine rings is 1. The summed E-state index contributed by atoms with van der Waals surface area (Å²) in [5, 5.41) is 3.51. The van der Waals surface area contributed by atoms with Gasteiger partial charge in [0.2, 0.25) is 0 Å². The largest absolute Gasteiger partial charge is 0.489 e. The quantitative estimate of drug-likeness (QED) is 0.889. The van der Waals surface area contributed by atoms with Crippen LogP contribution in [-0.2, 0) is 0 Å². The molecule has 1 fully saturated rings. The fourth-order valence-electron chi connectivity index (χ4n) is 2.28. The first-order valence-electron chi connectivity index (χ1n) is 6.58. The SMILES string of the molecule is CC(C)Oc1cncc(N2CCNC(C)(C)C2)c1. The van der Waals surface area contributed by atoms with Gasteiger partial charge in [-0.3, -0.25) is 4.98 Å². The summed E-state index contributed by atoms with van der Waals surface area (Å²) in [6, 6.07) is 2.08. The van der Waals surface area contributed by atoms with Gasteiger partial charge in [0.15, 0.2) is 0 Å². The summed E-state index contributed by atoms with van der Waals surface area (Å²) >= 11 is 0. The van der Waals surface area contributed by atoms with Crippen LogP contribution in [-0.4, -0.2) is 36.3 Å². The molecule has 0 aromatic carbocycles. The molecule has 2 heterocycles. The Morgan fingerprint density at radius 3 is 2.83 bits per heavy atom. The summed E-state index contributed by atoms with van der Waals surface area (Å²) in [7, 11) is 0. The van der Waals surface area contributed by atoms with E-state index in [1.165, 1.54) is 0 Å². The van der Waals surface area contributed by atoms with Crippen molar-refractivity contribution in [3.8, 4) is 5.75 Å². The maximum Gasteiger partial charge on any atom is 0.140 e. The molecular formula is C14H23N3O. The van der Waals surface area contributed by atoms with Crippen molar-refractivity contribution in [1.82, 2.24) is 10.3 Å². The molecule has 4 heteroatoms. The fourth-order valence-corrected chi connectivity index (χ4v) is 2.28. The molecule has 2 rings (SSSR count). The van der Waals surface area contributed by atoms with Gasteiger partial charge in [0.25, 0.3) is 0 Å².